The molecule has 7 nitrogen and oxygen atoms in total. The quantitative estimate of drug-likeness (QED) is 0.763. The Morgan fingerprint density at radius 1 is 1.10 bits per heavy atom. The highest BCUT2D eigenvalue weighted by atomic mass is 16.5. The number of ether oxygens (including phenoxy) is 2. The van der Waals surface area contributed by atoms with E-state index in [4.69, 9.17) is 9.47 Å². The number of aromatic amines is 1. The van der Waals surface area contributed by atoms with Crippen molar-refractivity contribution in [2.24, 2.45) is 0 Å². The van der Waals surface area contributed by atoms with Crippen LogP contribution in [0.25, 0.3) is 22.3 Å². The molecule has 21 heavy (non-hydrogen) atoms. The molecule has 3 rings (SSSR count). The number of aromatic nitrogens is 4. The molecule has 0 fully saturated rings. The molecule has 0 amide bonds. The molecule has 0 aliphatic carbocycles. The zero-order chi connectivity index (χ0) is 14.8. The summed E-state index contributed by atoms with van der Waals surface area (Å²) in [5, 5.41) is 10.6. The van der Waals surface area contributed by atoms with Crippen molar-refractivity contribution in [2.45, 2.75) is 0 Å². The summed E-state index contributed by atoms with van der Waals surface area (Å²) in [5.41, 5.74) is 2.12. The second kappa shape index (κ2) is 5.28. The standard InChI is InChI=1S/C14H15N5O2/c1-15-14-17-12(8-7-16-19-13(8)18-14)11-9(20-2)5-4-6-10(11)21-3/h4-7H,1-3H3,(H2,15,16,17,18,19). The summed E-state index contributed by atoms with van der Waals surface area (Å²) >= 11 is 0. The third kappa shape index (κ3) is 2.12. The molecule has 0 saturated carbocycles. The normalized spacial score (nSPS) is 10.6. The predicted molar refractivity (Wildman–Crippen MR) is 79.8 cm³/mol. The highest BCUT2D eigenvalue weighted by molar-refractivity contribution is 5.94. The fourth-order valence-electron chi connectivity index (χ4n) is 2.22. The summed E-state index contributed by atoms with van der Waals surface area (Å²) in [6.45, 7) is 0. The Morgan fingerprint density at radius 3 is 2.43 bits per heavy atom. The van der Waals surface area contributed by atoms with Gasteiger partial charge in [-0.3, -0.25) is 5.10 Å². The van der Waals surface area contributed by atoms with E-state index < -0.39 is 0 Å². The van der Waals surface area contributed by atoms with Gasteiger partial charge in [-0.2, -0.15) is 10.1 Å². The lowest BCUT2D eigenvalue weighted by Gasteiger charge is -2.13. The lowest BCUT2D eigenvalue weighted by Crippen LogP contribution is -2.00. The van der Waals surface area contributed by atoms with Crippen molar-refractivity contribution in [1.29, 1.82) is 0 Å². The van der Waals surface area contributed by atoms with E-state index in [1.807, 2.05) is 18.2 Å². The molecule has 108 valence electrons. The van der Waals surface area contributed by atoms with Crippen molar-refractivity contribution in [1.82, 2.24) is 20.2 Å². The second-order valence-corrected chi connectivity index (χ2v) is 4.32. The van der Waals surface area contributed by atoms with Crippen LogP contribution in [0.1, 0.15) is 0 Å². The minimum absolute atomic E-state index is 0.495. The van der Waals surface area contributed by atoms with Crippen molar-refractivity contribution in [3.05, 3.63) is 24.4 Å². The fraction of sp³-hybridized carbons (Fsp3) is 0.214. The minimum Gasteiger partial charge on any atom is -0.496 e. The maximum Gasteiger partial charge on any atom is 0.225 e. The molecule has 0 radical (unpaired) electrons. The molecule has 0 unspecified atom stereocenters. The van der Waals surface area contributed by atoms with Crippen LogP contribution in [0, 0.1) is 0 Å². The van der Waals surface area contributed by atoms with Gasteiger partial charge in [0, 0.05) is 7.05 Å². The Balaban J connectivity index is 2.36. The average Bonchev–Trinajstić information content (AvgIpc) is 3.01. The fourth-order valence-corrected chi connectivity index (χ4v) is 2.22. The number of benzene rings is 1. The number of fused-ring (bicyclic) bond motifs is 1. The summed E-state index contributed by atoms with van der Waals surface area (Å²) in [4.78, 5) is 8.87. The van der Waals surface area contributed by atoms with Crippen molar-refractivity contribution >= 4 is 17.0 Å². The SMILES string of the molecule is CNc1nc(-c2c(OC)cccc2OC)c2cn[nH]c2n1. The number of nitrogens with zero attached hydrogens (tertiary/aromatic N) is 3. The van der Waals surface area contributed by atoms with Crippen LogP contribution in [0.15, 0.2) is 24.4 Å². The number of H-pyrrole nitrogens is 1. The number of nitrogens with one attached hydrogen (secondary N) is 2. The average molecular weight is 285 g/mol. The number of anilines is 1. The van der Waals surface area contributed by atoms with Gasteiger partial charge in [-0.25, -0.2) is 4.98 Å². The van der Waals surface area contributed by atoms with Gasteiger partial charge in [-0.05, 0) is 12.1 Å². The molecule has 0 bridgehead atoms. The Bertz CT molecular complexity index is 762. The molecule has 3 aromatic rings. The molecule has 2 heterocycles. The highest BCUT2D eigenvalue weighted by Gasteiger charge is 2.19. The molecule has 2 aromatic heterocycles. The van der Waals surface area contributed by atoms with E-state index in [1.165, 1.54) is 0 Å². The van der Waals surface area contributed by atoms with E-state index in [-0.39, 0.29) is 0 Å². The van der Waals surface area contributed by atoms with Crippen LogP contribution in [-0.4, -0.2) is 41.4 Å². The van der Waals surface area contributed by atoms with Crippen molar-refractivity contribution in [3.8, 4) is 22.8 Å². The Kier molecular flexibility index (Phi) is 3.31. The molecule has 2 N–H and O–H groups in total. The second-order valence-electron chi connectivity index (χ2n) is 4.32. The van der Waals surface area contributed by atoms with Crippen LogP contribution < -0.4 is 14.8 Å². The first-order valence-corrected chi connectivity index (χ1v) is 6.38. The summed E-state index contributed by atoms with van der Waals surface area (Å²) in [5.74, 6) is 1.85. The zero-order valence-electron chi connectivity index (χ0n) is 12.0. The van der Waals surface area contributed by atoms with Crippen LogP contribution in [-0.2, 0) is 0 Å². The maximum atomic E-state index is 5.45. The number of hydrogen-bond acceptors (Lipinski definition) is 6. The smallest absolute Gasteiger partial charge is 0.225 e. The molecule has 0 aliphatic rings. The van der Waals surface area contributed by atoms with Crippen LogP contribution in [0.2, 0.25) is 0 Å². The first kappa shape index (κ1) is 13.2. The van der Waals surface area contributed by atoms with Gasteiger partial charge in [-0.1, -0.05) is 6.07 Å². The topological polar surface area (TPSA) is 85.0 Å². The summed E-state index contributed by atoms with van der Waals surface area (Å²) < 4.78 is 10.9. The first-order chi connectivity index (χ1) is 10.3. The van der Waals surface area contributed by atoms with Crippen molar-refractivity contribution < 1.29 is 9.47 Å². The third-order valence-electron chi connectivity index (χ3n) is 3.20. The van der Waals surface area contributed by atoms with Crippen molar-refractivity contribution in [2.75, 3.05) is 26.6 Å². The molecule has 7 heteroatoms. The maximum absolute atomic E-state index is 5.45. The van der Waals surface area contributed by atoms with Crippen LogP contribution in [0.4, 0.5) is 5.95 Å². The van der Waals surface area contributed by atoms with Gasteiger partial charge in [0.2, 0.25) is 5.95 Å². The van der Waals surface area contributed by atoms with Gasteiger partial charge in [0.05, 0.1) is 37.1 Å². The van der Waals surface area contributed by atoms with Gasteiger partial charge in [0.1, 0.15) is 11.5 Å². The van der Waals surface area contributed by atoms with Gasteiger partial charge in [0.25, 0.3) is 0 Å². The van der Waals surface area contributed by atoms with E-state index in [0.29, 0.717) is 28.8 Å². The first-order valence-electron chi connectivity index (χ1n) is 6.38. The van der Waals surface area contributed by atoms with Gasteiger partial charge in [-0.15, -0.1) is 0 Å². The van der Waals surface area contributed by atoms with Gasteiger partial charge in [0.15, 0.2) is 5.65 Å². The molecule has 0 aliphatic heterocycles. The molecule has 1 aromatic carbocycles. The highest BCUT2D eigenvalue weighted by Crippen LogP contribution is 2.40. The lowest BCUT2D eigenvalue weighted by molar-refractivity contribution is 0.397. The van der Waals surface area contributed by atoms with E-state index in [0.717, 1.165) is 10.9 Å². The van der Waals surface area contributed by atoms with E-state index >= 15 is 0 Å². The minimum atomic E-state index is 0.495. The van der Waals surface area contributed by atoms with Crippen LogP contribution in [0.3, 0.4) is 0 Å². The van der Waals surface area contributed by atoms with Gasteiger partial charge < -0.3 is 14.8 Å². The predicted octanol–water partition coefficient (Wildman–Crippen LogP) is 2.08. The third-order valence-corrected chi connectivity index (χ3v) is 3.20. The van der Waals surface area contributed by atoms with E-state index in [2.05, 4.69) is 25.5 Å². The molecule has 0 saturated heterocycles. The van der Waals surface area contributed by atoms with Crippen LogP contribution >= 0.6 is 0 Å². The summed E-state index contributed by atoms with van der Waals surface area (Å²) in [7, 11) is 5.00. The molecular formula is C14H15N5O2. The molecule has 0 spiro atoms. The van der Waals surface area contributed by atoms with Gasteiger partial charge >= 0.3 is 0 Å². The van der Waals surface area contributed by atoms with E-state index in [1.54, 1.807) is 27.5 Å². The molecular weight excluding hydrogens is 270 g/mol. The van der Waals surface area contributed by atoms with Crippen molar-refractivity contribution in [3.63, 3.8) is 0 Å². The Morgan fingerprint density at radius 2 is 1.81 bits per heavy atom. The number of hydrogen-bond donors (Lipinski definition) is 2. The largest absolute Gasteiger partial charge is 0.496 e. The Hall–Kier alpha value is -2.83. The summed E-state index contributed by atoms with van der Waals surface area (Å²) in [6.07, 6.45) is 1.69. The number of rotatable bonds is 4. The monoisotopic (exact) mass is 285 g/mol. The van der Waals surface area contributed by atoms with E-state index in [9.17, 15) is 0 Å². The van der Waals surface area contributed by atoms with Crippen LogP contribution in [0.5, 0.6) is 11.5 Å². The number of methoxy groups -OCH3 is 2. The summed E-state index contributed by atoms with van der Waals surface area (Å²) in [6, 6.07) is 5.60. The Labute approximate surface area is 121 Å². The lowest BCUT2D eigenvalue weighted by atomic mass is 10.1. The molecule has 0 atom stereocenters. The zero-order valence-corrected chi connectivity index (χ0v) is 12.0.